The summed E-state index contributed by atoms with van der Waals surface area (Å²) < 4.78 is 4.82. The van der Waals surface area contributed by atoms with Gasteiger partial charge < -0.3 is 4.74 Å². The first kappa shape index (κ1) is 10.3. The zero-order chi connectivity index (χ0) is 9.84. The van der Waals surface area contributed by atoms with Gasteiger partial charge in [0.05, 0.1) is 13.0 Å². The summed E-state index contributed by atoms with van der Waals surface area (Å²) in [6, 6.07) is 0. The van der Waals surface area contributed by atoms with Gasteiger partial charge in [-0.05, 0) is 18.3 Å². The van der Waals surface area contributed by atoms with Gasteiger partial charge in [0.25, 0.3) is 0 Å². The monoisotopic (exact) mass is 182 g/mol. The maximum atomic E-state index is 11.5. The Balaban J connectivity index is 2.76. The summed E-state index contributed by atoms with van der Waals surface area (Å²) in [5, 5.41) is 0. The Morgan fingerprint density at radius 2 is 2.31 bits per heavy atom. The van der Waals surface area contributed by atoms with Crippen molar-refractivity contribution in [2.75, 3.05) is 7.11 Å². The third kappa shape index (κ3) is 2.11. The summed E-state index contributed by atoms with van der Waals surface area (Å²) in [6.45, 7) is 4.21. The number of hydrogen-bond donors (Lipinski definition) is 0. The molecule has 0 radical (unpaired) electrons. The van der Waals surface area contributed by atoms with E-state index in [9.17, 15) is 4.79 Å². The maximum absolute atomic E-state index is 11.5. The van der Waals surface area contributed by atoms with E-state index in [0.717, 1.165) is 12.8 Å². The Morgan fingerprint density at radius 3 is 2.85 bits per heavy atom. The summed E-state index contributed by atoms with van der Waals surface area (Å²) >= 11 is 0. The van der Waals surface area contributed by atoms with E-state index in [1.807, 2.05) is 0 Å². The summed E-state index contributed by atoms with van der Waals surface area (Å²) in [5.41, 5.74) is 0. The lowest BCUT2D eigenvalue weighted by atomic mass is 9.75. The molecule has 0 aromatic heterocycles. The van der Waals surface area contributed by atoms with Crippen LogP contribution in [0.2, 0.25) is 0 Å². The van der Waals surface area contributed by atoms with Gasteiger partial charge in [0, 0.05) is 0 Å². The first-order valence-electron chi connectivity index (χ1n) is 4.95. The molecule has 13 heavy (non-hydrogen) atoms. The van der Waals surface area contributed by atoms with Gasteiger partial charge in [-0.15, -0.1) is 0 Å². The van der Waals surface area contributed by atoms with Gasteiger partial charge in [-0.2, -0.15) is 0 Å². The average molecular weight is 182 g/mol. The van der Waals surface area contributed by atoms with Crippen molar-refractivity contribution in [3.8, 4) is 0 Å². The molecular weight excluding hydrogens is 164 g/mol. The largest absolute Gasteiger partial charge is 0.469 e. The fourth-order valence-electron chi connectivity index (χ4n) is 2.13. The van der Waals surface area contributed by atoms with Crippen LogP contribution in [0, 0.1) is 17.8 Å². The van der Waals surface area contributed by atoms with Gasteiger partial charge in [-0.25, -0.2) is 0 Å². The highest BCUT2D eigenvalue weighted by atomic mass is 16.5. The molecule has 2 nitrogen and oxygen atoms in total. The summed E-state index contributed by atoms with van der Waals surface area (Å²) in [5.74, 6) is 0.808. The number of allylic oxidation sites excluding steroid dienone is 2. The second-order valence-corrected chi connectivity index (χ2v) is 3.74. The van der Waals surface area contributed by atoms with Crippen molar-refractivity contribution in [1.29, 1.82) is 0 Å². The number of hydrogen-bond acceptors (Lipinski definition) is 2. The number of ether oxygens (including phenoxy) is 1. The van der Waals surface area contributed by atoms with Crippen LogP contribution in [0.1, 0.15) is 26.7 Å². The lowest BCUT2D eigenvalue weighted by Crippen LogP contribution is -2.31. The Bertz CT molecular complexity index is 208. The van der Waals surface area contributed by atoms with Crippen molar-refractivity contribution >= 4 is 5.97 Å². The van der Waals surface area contributed by atoms with E-state index < -0.39 is 0 Å². The molecule has 3 unspecified atom stereocenters. The number of carbonyl (C=O) groups is 1. The first-order chi connectivity index (χ1) is 6.20. The van der Waals surface area contributed by atoms with Crippen LogP contribution in [0.4, 0.5) is 0 Å². The summed E-state index contributed by atoms with van der Waals surface area (Å²) in [4.78, 5) is 11.5. The maximum Gasteiger partial charge on any atom is 0.309 e. The lowest BCUT2D eigenvalue weighted by molar-refractivity contribution is -0.149. The Hall–Kier alpha value is -0.790. The Morgan fingerprint density at radius 1 is 1.62 bits per heavy atom. The fraction of sp³-hybridized carbons (Fsp3) is 0.727. The van der Waals surface area contributed by atoms with E-state index in [1.165, 1.54) is 7.11 Å². The SMILES string of the molecule is CCC1CC=CC(C)C1C(=O)OC. The fourth-order valence-corrected chi connectivity index (χ4v) is 2.13. The van der Waals surface area contributed by atoms with Crippen LogP contribution in [0.25, 0.3) is 0 Å². The summed E-state index contributed by atoms with van der Waals surface area (Å²) in [6.07, 6.45) is 6.36. The number of rotatable bonds is 2. The molecule has 74 valence electrons. The third-order valence-corrected chi connectivity index (χ3v) is 2.95. The normalized spacial score (nSPS) is 33.0. The van der Waals surface area contributed by atoms with Crippen molar-refractivity contribution < 1.29 is 9.53 Å². The van der Waals surface area contributed by atoms with Gasteiger partial charge >= 0.3 is 5.97 Å². The molecule has 1 aliphatic carbocycles. The molecule has 3 atom stereocenters. The highest BCUT2D eigenvalue weighted by molar-refractivity contribution is 5.73. The van der Waals surface area contributed by atoms with Crippen molar-refractivity contribution in [2.45, 2.75) is 26.7 Å². The minimum absolute atomic E-state index is 0.0521. The molecule has 0 saturated heterocycles. The van der Waals surface area contributed by atoms with Gasteiger partial charge in [-0.3, -0.25) is 4.79 Å². The van der Waals surface area contributed by atoms with Gasteiger partial charge in [0.1, 0.15) is 0 Å². The quantitative estimate of drug-likeness (QED) is 0.484. The molecule has 0 heterocycles. The summed E-state index contributed by atoms with van der Waals surface area (Å²) in [7, 11) is 1.47. The van der Waals surface area contributed by atoms with Crippen LogP contribution < -0.4 is 0 Å². The molecule has 1 aliphatic rings. The number of carbonyl (C=O) groups excluding carboxylic acids is 1. The van der Waals surface area contributed by atoms with E-state index >= 15 is 0 Å². The lowest BCUT2D eigenvalue weighted by Gasteiger charge is -2.30. The molecule has 0 spiro atoms. The Labute approximate surface area is 80.0 Å². The van der Waals surface area contributed by atoms with Crippen molar-refractivity contribution in [2.24, 2.45) is 17.8 Å². The zero-order valence-corrected chi connectivity index (χ0v) is 8.62. The van der Waals surface area contributed by atoms with E-state index in [0.29, 0.717) is 11.8 Å². The average Bonchev–Trinajstić information content (AvgIpc) is 2.16. The van der Waals surface area contributed by atoms with Crippen LogP contribution >= 0.6 is 0 Å². The second kappa shape index (κ2) is 4.45. The molecule has 0 aromatic rings. The van der Waals surface area contributed by atoms with E-state index in [4.69, 9.17) is 4.74 Å². The Kier molecular flexibility index (Phi) is 3.52. The highest BCUT2D eigenvalue weighted by Gasteiger charge is 2.33. The molecule has 2 heteroatoms. The standard InChI is InChI=1S/C11H18O2/c1-4-9-7-5-6-8(2)10(9)11(12)13-3/h5-6,8-10H,4,7H2,1-3H3. The molecule has 0 fully saturated rings. The predicted octanol–water partition coefficient (Wildman–Crippen LogP) is 2.40. The van der Waals surface area contributed by atoms with Crippen molar-refractivity contribution in [3.63, 3.8) is 0 Å². The van der Waals surface area contributed by atoms with Crippen LogP contribution in [0.3, 0.4) is 0 Å². The molecule has 0 aliphatic heterocycles. The minimum atomic E-state index is -0.0521. The van der Waals surface area contributed by atoms with E-state index in [2.05, 4.69) is 26.0 Å². The molecule has 0 amide bonds. The zero-order valence-electron chi connectivity index (χ0n) is 8.62. The van der Waals surface area contributed by atoms with Gasteiger partial charge in [-0.1, -0.05) is 32.4 Å². The predicted molar refractivity (Wildman–Crippen MR) is 52.2 cm³/mol. The van der Waals surface area contributed by atoms with Crippen LogP contribution in [-0.2, 0) is 9.53 Å². The molecule has 0 saturated carbocycles. The van der Waals surface area contributed by atoms with Crippen LogP contribution in [-0.4, -0.2) is 13.1 Å². The van der Waals surface area contributed by atoms with E-state index in [-0.39, 0.29) is 11.9 Å². The smallest absolute Gasteiger partial charge is 0.309 e. The highest BCUT2D eigenvalue weighted by Crippen LogP contribution is 2.32. The van der Waals surface area contributed by atoms with E-state index in [1.54, 1.807) is 0 Å². The molecular formula is C11H18O2. The molecule has 0 bridgehead atoms. The van der Waals surface area contributed by atoms with Crippen molar-refractivity contribution in [1.82, 2.24) is 0 Å². The number of esters is 1. The minimum Gasteiger partial charge on any atom is -0.469 e. The second-order valence-electron chi connectivity index (χ2n) is 3.74. The third-order valence-electron chi connectivity index (χ3n) is 2.95. The van der Waals surface area contributed by atoms with Gasteiger partial charge in [0.2, 0.25) is 0 Å². The first-order valence-corrected chi connectivity index (χ1v) is 4.95. The van der Waals surface area contributed by atoms with Gasteiger partial charge in [0.15, 0.2) is 0 Å². The molecule has 0 aromatic carbocycles. The topological polar surface area (TPSA) is 26.3 Å². The molecule has 1 rings (SSSR count). The number of methoxy groups -OCH3 is 1. The molecule has 0 N–H and O–H groups in total. The van der Waals surface area contributed by atoms with Crippen molar-refractivity contribution in [3.05, 3.63) is 12.2 Å². The van der Waals surface area contributed by atoms with Crippen LogP contribution in [0.5, 0.6) is 0 Å². The van der Waals surface area contributed by atoms with Crippen LogP contribution in [0.15, 0.2) is 12.2 Å².